The first-order chi connectivity index (χ1) is 9.26. The predicted octanol–water partition coefficient (Wildman–Crippen LogP) is 6.30. The molecular formula is C17H34OS. The molecule has 2 heteroatoms. The van der Waals surface area contributed by atoms with Gasteiger partial charge in [-0.3, -0.25) is 0 Å². The van der Waals surface area contributed by atoms with Gasteiger partial charge in [-0.25, -0.2) is 0 Å². The third-order valence-electron chi connectivity index (χ3n) is 3.85. The first kappa shape index (κ1) is 18.9. The van der Waals surface area contributed by atoms with Crippen molar-refractivity contribution in [2.45, 2.75) is 90.9 Å². The standard InChI is InChI=1S/C17H34OS/c1-4-6-8-10-11-13-15-16(17(19)18-3)14-12-9-7-5-2/h16H,4-15H2,1-3H3. The minimum Gasteiger partial charge on any atom is -0.490 e. The Bertz CT molecular complexity index is 203. The molecule has 0 saturated heterocycles. The lowest BCUT2D eigenvalue weighted by Crippen LogP contribution is -2.14. The van der Waals surface area contributed by atoms with Crippen LogP contribution in [0.25, 0.3) is 0 Å². The average molecular weight is 287 g/mol. The second kappa shape index (κ2) is 14.3. The van der Waals surface area contributed by atoms with E-state index in [9.17, 15) is 0 Å². The third kappa shape index (κ3) is 11.4. The normalized spacial score (nSPS) is 12.4. The van der Waals surface area contributed by atoms with Gasteiger partial charge in [0.1, 0.15) is 0 Å². The number of rotatable bonds is 13. The fraction of sp³-hybridized carbons (Fsp3) is 0.941. The molecule has 19 heavy (non-hydrogen) atoms. The number of unbranched alkanes of at least 4 members (excludes halogenated alkanes) is 8. The number of ether oxygens (including phenoxy) is 1. The maximum Gasteiger partial charge on any atom is 0.162 e. The van der Waals surface area contributed by atoms with Gasteiger partial charge in [-0.2, -0.15) is 0 Å². The average Bonchev–Trinajstić information content (AvgIpc) is 2.44. The Morgan fingerprint density at radius 2 is 1.21 bits per heavy atom. The van der Waals surface area contributed by atoms with Crippen molar-refractivity contribution >= 4 is 17.3 Å². The van der Waals surface area contributed by atoms with E-state index in [1.54, 1.807) is 7.11 Å². The molecule has 0 radical (unpaired) electrons. The molecule has 1 unspecified atom stereocenters. The van der Waals surface area contributed by atoms with Crippen LogP contribution >= 0.6 is 12.2 Å². The van der Waals surface area contributed by atoms with Gasteiger partial charge in [-0.15, -0.1) is 0 Å². The van der Waals surface area contributed by atoms with E-state index in [-0.39, 0.29) is 0 Å². The van der Waals surface area contributed by atoms with E-state index in [0.29, 0.717) is 5.92 Å². The van der Waals surface area contributed by atoms with Crippen LogP contribution in [0.15, 0.2) is 0 Å². The smallest absolute Gasteiger partial charge is 0.162 e. The van der Waals surface area contributed by atoms with Crippen molar-refractivity contribution < 1.29 is 4.74 Å². The summed E-state index contributed by atoms with van der Waals surface area (Å²) in [5, 5.41) is 0.838. The fourth-order valence-corrected chi connectivity index (χ4v) is 2.77. The maximum atomic E-state index is 5.35. The minimum atomic E-state index is 0.517. The van der Waals surface area contributed by atoms with Crippen LogP contribution in [-0.2, 0) is 4.74 Å². The topological polar surface area (TPSA) is 9.23 Å². The van der Waals surface area contributed by atoms with E-state index in [4.69, 9.17) is 17.0 Å². The summed E-state index contributed by atoms with van der Waals surface area (Å²) in [4.78, 5) is 0. The van der Waals surface area contributed by atoms with Gasteiger partial charge in [0.2, 0.25) is 0 Å². The van der Waals surface area contributed by atoms with Gasteiger partial charge in [-0.1, -0.05) is 78.1 Å². The molecule has 0 aromatic heterocycles. The van der Waals surface area contributed by atoms with Crippen molar-refractivity contribution in [3.8, 4) is 0 Å². The zero-order chi connectivity index (χ0) is 14.3. The van der Waals surface area contributed by atoms with Crippen LogP contribution in [-0.4, -0.2) is 12.2 Å². The van der Waals surface area contributed by atoms with Crippen LogP contribution in [0.4, 0.5) is 0 Å². The molecule has 1 atom stereocenters. The molecule has 0 aromatic carbocycles. The van der Waals surface area contributed by atoms with Crippen molar-refractivity contribution in [1.29, 1.82) is 0 Å². The zero-order valence-electron chi connectivity index (χ0n) is 13.4. The molecule has 114 valence electrons. The van der Waals surface area contributed by atoms with Crippen molar-refractivity contribution in [3.05, 3.63) is 0 Å². The summed E-state index contributed by atoms with van der Waals surface area (Å²) in [6, 6.07) is 0. The number of hydrogen-bond donors (Lipinski definition) is 0. The molecule has 0 rings (SSSR count). The van der Waals surface area contributed by atoms with Crippen LogP contribution in [0.1, 0.15) is 90.9 Å². The van der Waals surface area contributed by atoms with E-state index < -0.39 is 0 Å². The SMILES string of the molecule is CCCCCCCCC(CCCCCC)C(=S)OC. The van der Waals surface area contributed by atoms with Crippen LogP contribution in [0.2, 0.25) is 0 Å². The molecule has 0 aromatic rings. The van der Waals surface area contributed by atoms with Crippen LogP contribution in [0.5, 0.6) is 0 Å². The molecule has 0 saturated carbocycles. The molecular weight excluding hydrogens is 252 g/mol. The van der Waals surface area contributed by atoms with Gasteiger partial charge in [0.05, 0.1) is 7.11 Å². The summed E-state index contributed by atoms with van der Waals surface area (Å²) in [5.74, 6) is 0.517. The molecule has 0 spiro atoms. The number of hydrogen-bond acceptors (Lipinski definition) is 2. The predicted molar refractivity (Wildman–Crippen MR) is 89.8 cm³/mol. The van der Waals surface area contributed by atoms with Crippen molar-refractivity contribution in [1.82, 2.24) is 0 Å². The van der Waals surface area contributed by atoms with E-state index in [2.05, 4.69) is 13.8 Å². The Balaban J connectivity index is 3.71. The highest BCUT2D eigenvalue weighted by Gasteiger charge is 2.14. The summed E-state index contributed by atoms with van der Waals surface area (Å²) in [7, 11) is 1.72. The third-order valence-corrected chi connectivity index (χ3v) is 4.35. The quantitative estimate of drug-likeness (QED) is 0.290. The van der Waals surface area contributed by atoms with Crippen LogP contribution < -0.4 is 0 Å². The maximum absolute atomic E-state index is 5.35. The van der Waals surface area contributed by atoms with Gasteiger partial charge >= 0.3 is 0 Å². The van der Waals surface area contributed by atoms with Gasteiger partial charge in [0.25, 0.3) is 0 Å². The lowest BCUT2D eigenvalue weighted by molar-refractivity contribution is 0.355. The first-order valence-corrected chi connectivity index (χ1v) is 8.74. The summed E-state index contributed by atoms with van der Waals surface area (Å²) in [6.07, 6.45) is 15.9. The molecule has 1 nitrogen and oxygen atoms in total. The lowest BCUT2D eigenvalue weighted by atomic mass is 9.95. The van der Waals surface area contributed by atoms with Crippen molar-refractivity contribution in [2.24, 2.45) is 5.92 Å². The molecule has 0 heterocycles. The Kier molecular flexibility index (Phi) is 14.2. The molecule has 0 aliphatic heterocycles. The van der Waals surface area contributed by atoms with Crippen molar-refractivity contribution in [3.63, 3.8) is 0 Å². The molecule has 0 bridgehead atoms. The Hall–Kier alpha value is -0.110. The zero-order valence-corrected chi connectivity index (χ0v) is 14.2. The number of methoxy groups -OCH3 is 1. The Morgan fingerprint density at radius 1 is 0.789 bits per heavy atom. The number of thiocarbonyl (C=S) groups is 1. The Labute approximate surface area is 126 Å². The van der Waals surface area contributed by atoms with E-state index in [1.807, 2.05) is 0 Å². The summed E-state index contributed by atoms with van der Waals surface area (Å²) >= 11 is 5.35. The summed E-state index contributed by atoms with van der Waals surface area (Å²) < 4.78 is 5.30. The molecule has 0 amide bonds. The van der Waals surface area contributed by atoms with Gasteiger partial charge in [0, 0.05) is 5.92 Å². The molecule has 0 N–H and O–H groups in total. The molecule has 0 aliphatic carbocycles. The molecule has 0 fully saturated rings. The van der Waals surface area contributed by atoms with Crippen molar-refractivity contribution in [2.75, 3.05) is 7.11 Å². The highest BCUT2D eigenvalue weighted by molar-refractivity contribution is 7.80. The summed E-state index contributed by atoms with van der Waals surface area (Å²) in [6.45, 7) is 4.52. The molecule has 0 aliphatic rings. The second-order valence-corrected chi connectivity index (χ2v) is 6.03. The largest absolute Gasteiger partial charge is 0.490 e. The van der Waals surface area contributed by atoms with Gasteiger partial charge < -0.3 is 4.74 Å². The van der Waals surface area contributed by atoms with E-state index in [0.717, 1.165) is 5.05 Å². The van der Waals surface area contributed by atoms with E-state index >= 15 is 0 Å². The second-order valence-electron chi connectivity index (χ2n) is 5.63. The van der Waals surface area contributed by atoms with E-state index in [1.165, 1.54) is 77.0 Å². The monoisotopic (exact) mass is 286 g/mol. The minimum absolute atomic E-state index is 0.517. The Morgan fingerprint density at radius 3 is 1.68 bits per heavy atom. The van der Waals surface area contributed by atoms with Crippen LogP contribution in [0, 0.1) is 5.92 Å². The fourth-order valence-electron chi connectivity index (χ4n) is 2.54. The highest BCUT2D eigenvalue weighted by atomic mass is 32.1. The highest BCUT2D eigenvalue weighted by Crippen LogP contribution is 2.20. The summed E-state index contributed by atoms with van der Waals surface area (Å²) in [5.41, 5.74) is 0. The lowest BCUT2D eigenvalue weighted by Gasteiger charge is -2.17. The van der Waals surface area contributed by atoms with Crippen LogP contribution in [0.3, 0.4) is 0 Å². The first-order valence-electron chi connectivity index (χ1n) is 8.34. The van der Waals surface area contributed by atoms with Gasteiger partial charge in [-0.05, 0) is 25.1 Å². The van der Waals surface area contributed by atoms with Gasteiger partial charge in [0.15, 0.2) is 5.05 Å².